The molecule has 1 fully saturated rings. The number of nitrogens with one attached hydrogen (secondary N) is 2. The van der Waals surface area contributed by atoms with Gasteiger partial charge in [-0.15, -0.1) is 11.8 Å². The maximum Gasteiger partial charge on any atom is 0.308 e. The molecule has 0 spiro atoms. The highest BCUT2D eigenvalue weighted by Gasteiger charge is 2.36. The number of nitriles is 1. The van der Waals surface area contributed by atoms with Gasteiger partial charge in [0.1, 0.15) is 5.54 Å². The maximum atomic E-state index is 12.4. The molecule has 7 nitrogen and oxygen atoms in total. The van der Waals surface area contributed by atoms with Crippen LogP contribution in [0, 0.1) is 11.3 Å². The smallest absolute Gasteiger partial charge is 0.308 e. The van der Waals surface area contributed by atoms with E-state index in [1.807, 2.05) is 18.2 Å². The number of amides is 2. The predicted octanol–water partition coefficient (Wildman–Crippen LogP) is 2.76. The van der Waals surface area contributed by atoms with Gasteiger partial charge in [-0.1, -0.05) is 31.4 Å². The van der Waals surface area contributed by atoms with Crippen molar-refractivity contribution in [2.75, 3.05) is 5.32 Å². The number of rotatable bonds is 5. The summed E-state index contributed by atoms with van der Waals surface area (Å²) < 4.78 is 5.23. The summed E-state index contributed by atoms with van der Waals surface area (Å²) in [5.41, 5.74) is -0.150. The number of hydrogen-bond acceptors (Lipinski definition) is 6. The molecule has 1 aliphatic carbocycles. The second kappa shape index (κ2) is 8.65. The van der Waals surface area contributed by atoms with E-state index in [-0.39, 0.29) is 12.3 Å². The summed E-state index contributed by atoms with van der Waals surface area (Å²) in [6, 6.07) is 9.58. The summed E-state index contributed by atoms with van der Waals surface area (Å²) in [5, 5.41) is 14.4. The molecule has 0 radical (unpaired) electrons. The number of para-hydroxylation sites is 1. The molecule has 28 heavy (non-hydrogen) atoms. The zero-order valence-electron chi connectivity index (χ0n) is 15.7. The highest BCUT2D eigenvalue weighted by Crippen LogP contribution is 2.36. The lowest BCUT2D eigenvalue weighted by molar-refractivity contribution is -0.155. The van der Waals surface area contributed by atoms with Crippen molar-refractivity contribution >= 4 is 35.2 Å². The standard InChI is InChI=1S/C20H23N3O4S/c1-13(18(25)23-20(12-21)9-5-2-6-10-20)27-17(24)11-16-19(26)22-14-7-3-4-8-15(14)28-16/h3-4,7-8,13,16H,2,5-6,9-11H2,1H3,(H,22,26)(H,23,25)/t13-,16+/m1/s1. The van der Waals surface area contributed by atoms with Crippen LogP contribution >= 0.6 is 11.8 Å². The molecule has 1 aromatic rings. The molecular weight excluding hydrogens is 378 g/mol. The van der Waals surface area contributed by atoms with Crippen LogP contribution in [0.2, 0.25) is 0 Å². The van der Waals surface area contributed by atoms with E-state index in [0.717, 1.165) is 29.8 Å². The van der Waals surface area contributed by atoms with Crippen LogP contribution in [0.1, 0.15) is 45.4 Å². The Kier molecular flexibility index (Phi) is 6.25. The second-order valence-electron chi connectivity index (χ2n) is 7.17. The van der Waals surface area contributed by atoms with Gasteiger partial charge in [0, 0.05) is 4.90 Å². The molecule has 8 heteroatoms. The van der Waals surface area contributed by atoms with Crippen molar-refractivity contribution in [3.8, 4) is 6.07 Å². The van der Waals surface area contributed by atoms with Crippen molar-refractivity contribution < 1.29 is 19.1 Å². The van der Waals surface area contributed by atoms with Gasteiger partial charge in [0.05, 0.1) is 23.4 Å². The maximum absolute atomic E-state index is 12.4. The van der Waals surface area contributed by atoms with Crippen molar-refractivity contribution in [2.45, 2.75) is 67.2 Å². The van der Waals surface area contributed by atoms with Crippen LogP contribution < -0.4 is 10.6 Å². The third-order valence-corrected chi connectivity index (χ3v) is 6.29. The largest absolute Gasteiger partial charge is 0.453 e. The Morgan fingerprint density at radius 1 is 1.36 bits per heavy atom. The van der Waals surface area contributed by atoms with Crippen LogP contribution in [-0.4, -0.2) is 34.7 Å². The quantitative estimate of drug-likeness (QED) is 0.735. The average molecular weight is 401 g/mol. The first kappa shape index (κ1) is 20.2. The van der Waals surface area contributed by atoms with Crippen molar-refractivity contribution in [1.29, 1.82) is 5.26 Å². The second-order valence-corrected chi connectivity index (χ2v) is 8.42. The van der Waals surface area contributed by atoms with E-state index >= 15 is 0 Å². The Hall–Kier alpha value is -2.53. The normalized spacial score (nSPS) is 21.4. The number of nitrogens with zero attached hydrogens (tertiary/aromatic N) is 1. The number of carbonyl (C=O) groups excluding carboxylic acids is 3. The van der Waals surface area contributed by atoms with Crippen LogP contribution in [0.3, 0.4) is 0 Å². The van der Waals surface area contributed by atoms with E-state index in [2.05, 4.69) is 16.7 Å². The van der Waals surface area contributed by atoms with Crippen LogP contribution in [0.15, 0.2) is 29.2 Å². The van der Waals surface area contributed by atoms with E-state index in [1.54, 1.807) is 6.07 Å². The molecular formula is C20H23N3O4S. The number of esters is 1. The highest BCUT2D eigenvalue weighted by atomic mass is 32.2. The first-order valence-corrected chi connectivity index (χ1v) is 10.3. The summed E-state index contributed by atoms with van der Waals surface area (Å²) in [6.07, 6.45) is 2.88. The van der Waals surface area contributed by atoms with Crippen LogP contribution in [0.4, 0.5) is 5.69 Å². The van der Waals surface area contributed by atoms with Gasteiger partial charge >= 0.3 is 5.97 Å². The fourth-order valence-electron chi connectivity index (χ4n) is 3.43. The first-order valence-electron chi connectivity index (χ1n) is 9.42. The number of carbonyl (C=O) groups is 3. The van der Waals surface area contributed by atoms with Gasteiger partial charge in [-0.2, -0.15) is 5.26 Å². The van der Waals surface area contributed by atoms with Crippen molar-refractivity contribution in [3.63, 3.8) is 0 Å². The van der Waals surface area contributed by atoms with Gasteiger partial charge < -0.3 is 15.4 Å². The molecule has 2 atom stereocenters. The molecule has 0 bridgehead atoms. The molecule has 3 rings (SSSR count). The molecule has 2 aliphatic rings. The van der Waals surface area contributed by atoms with E-state index in [9.17, 15) is 19.6 Å². The monoisotopic (exact) mass is 401 g/mol. The van der Waals surface area contributed by atoms with Gasteiger partial charge in [0.25, 0.3) is 5.91 Å². The number of benzene rings is 1. The van der Waals surface area contributed by atoms with Crippen molar-refractivity contribution in [1.82, 2.24) is 5.32 Å². The molecule has 2 amide bonds. The van der Waals surface area contributed by atoms with Gasteiger partial charge in [-0.3, -0.25) is 14.4 Å². The molecule has 1 saturated carbocycles. The predicted molar refractivity (Wildman–Crippen MR) is 104 cm³/mol. The van der Waals surface area contributed by atoms with E-state index in [0.29, 0.717) is 12.8 Å². The molecule has 1 aromatic carbocycles. The van der Waals surface area contributed by atoms with Gasteiger partial charge in [-0.05, 0) is 31.9 Å². The summed E-state index contributed by atoms with van der Waals surface area (Å²) in [7, 11) is 0. The molecule has 2 N–H and O–H groups in total. The first-order chi connectivity index (χ1) is 13.4. The average Bonchev–Trinajstić information content (AvgIpc) is 2.69. The topological polar surface area (TPSA) is 108 Å². The number of ether oxygens (including phenoxy) is 1. The lowest BCUT2D eigenvalue weighted by Crippen LogP contribution is -2.52. The Balaban J connectivity index is 1.53. The third-order valence-electron chi connectivity index (χ3n) is 5.02. The SMILES string of the molecule is C[C@@H](OC(=O)C[C@@H]1Sc2ccccc2NC1=O)C(=O)NC1(C#N)CCCCC1. The number of thioether (sulfide) groups is 1. The van der Waals surface area contributed by atoms with Crippen LogP contribution in [-0.2, 0) is 19.1 Å². The Labute approximate surface area is 168 Å². The number of anilines is 1. The van der Waals surface area contributed by atoms with Gasteiger partial charge in [-0.25, -0.2) is 0 Å². The molecule has 0 saturated heterocycles. The molecule has 148 valence electrons. The summed E-state index contributed by atoms with van der Waals surface area (Å²) >= 11 is 1.30. The lowest BCUT2D eigenvalue weighted by atomic mass is 9.83. The van der Waals surface area contributed by atoms with Crippen LogP contribution in [0.25, 0.3) is 0 Å². The lowest BCUT2D eigenvalue weighted by Gasteiger charge is -2.32. The summed E-state index contributed by atoms with van der Waals surface area (Å²) in [6.45, 7) is 1.48. The minimum atomic E-state index is -1.02. The highest BCUT2D eigenvalue weighted by molar-refractivity contribution is 8.01. The third kappa shape index (κ3) is 4.65. The number of fused-ring (bicyclic) bond motifs is 1. The minimum Gasteiger partial charge on any atom is -0.453 e. The Bertz CT molecular complexity index is 814. The zero-order valence-corrected chi connectivity index (χ0v) is 16.5. The fraction of sp³-hybridized carbons (Fsp3) is 0.500. The summed E-state index contributed by atoms with van der Waals surface area (Å²) in [4.78, 5) is 37.8. The van der Waals surface area contributed by atoms with Gasteiger partial charge in [0.15, 0.2) is 6.10 Å². The van der Waals surface area contributed by atoms with Crippen LogP contribution in [0.5, 0.6) is 0 Å². The van der Waals surface area contributed by atoms with Crippen molar-refractivity contribution in [3.05, 3.63) is 24.3 Å². The summed E-state index contributed by atoms with van der Waals surface area (Å²) in [5.74, 6) is -1.37. The molecule has 1 heterocycles. The molecule has 0 aromatic heterocycles. The zero-order chi connectivity index (χ0) is 20.1. The van der Waals surface area contributed by atoms with Gasteiger partial charge in [0.2, 0.25) is 5.91 Å². The molecule has 1 aliphatic heterocycles. The fourth-order valence-corrected chi connectivity index (χ4v) is 4.53. The Morgan fingerprint density at radius 2 is 2.07 bits per heavy atom. The number of hydrogen-bond donors (Lipinski definition) is 2. The van der Waals surface area contributed by atoms with E-state index < -0.39 is 28.8 Å². The van der Waals surface area contributed by atoms with E-state index in [4.69, 9.17) is 4.74 Å². The molecule has 0 unspecified atom stereocenters. The Morgan fingerprint density at radius 3 is 2.79 bits per heavy atom. The van der Waals surface area contributed by atoms with E-state index in [1.165, 1.54) is 18.7 Å². The van der Waals surface area contributed by atoms with Crippen molar-refractivity contribution in [2.24, 2.45) is 0 Å². The minimum absolute atomic E-state index is 0.133.